The predicted molar refractivity (Wildman–Crippen MR) is 86.7 cm³/mol. The number of rotatable bonds is 3. The van der Waals surface area contributed by atoms with Gasteiger partial charge in [-0.1, -0.05) is 55.8 Å². The summed E-state index contributed by atoms with van der Waals surface area (Å²) < 4.78 is 5.46. The van der Waals surface area contributed by atoms with Gasteiger partial charge in [0.15, 0.2) is 5.82 Å². The number of hydrogen-bond acceptors (Lipinski definition) is 4. The summed E-state index contributed by atoms with van der Waals surface area (Å²) in [6.45, 7) is 8.78. The monoisotopic (exact) mass is 313 g/mol. The second-order valence-corrected chi connectivity index (χ2v) is 7.27. The van der Waals surface area contributed by atoms with Crippen molar-refractivity contribution in [3.8, 4) is 0 Å². The van der Waals surface area contributed by atoms with Crippen LogP contribution in [-0.2, 0) is 16.8 Å². The first-order chi connectivity index (χ1) is 10.8. The highest BCUT2D eigenvalue weighted by Gasteiger charge is 2.36. The highest BCUT2D eigenvalue weighted by atomic mass is 16.5. The minimum absolute atomic E-state index is 0.118. The van der Waals surface area contributed by atoms with Gasteiger partial charge >= 0.3 is 0 Å². The van der Waals surface area contributed by atoms with Crippen molar-refractivity contribution >= 4 is 5.91 Å². The quantitative estimate of drug-likeness (QED) is 0.869. The van der Waals surface area contributed by atoms with Crippen LogP contribution in [0.15, 0.2) is 28.8 Å². The Balaban J connectivity index is 1.82. The van der Waals surface area contributed by atoms with Crippen molar-refractivity contribution in [3.63, 3.8) is 0 Å². The number of benzene rings is 1. The normalized spacial score (nSPS) is 18.7. The summed E-state index contributed by atoms with van der Waals surface area (Å²) in [7, 11) is 0. The number of nitrogens with zero attached hydrogens (tertiary/aromatic N) is 3. The van der Waals surface area contributed by atoms with Crippen molar-refractivity contribution < 1.29 is 9.32 Å². The SMILES string of the molecule is Cc1ccc(CN2C(=O)CCC2c2nc(C(C)(C)C)no2)cc1. The lowest BCUT2D eigenvalue weighted by Crippen LogP contribution is -2.27. The van der Waals surface area contributed by atoms with Crippen molar-refractivity contribution in [2.75, 3.05) is 0 Å². The van der Waals surface area contributed by atoms with Gasteiger partial charge in [-0.15, -0.1) is 0 Å². The molecule has 0 radical (unpaired) electrons. The van der Waals surface area contributed by atoms with Crippen molar-refractivity contribution in [1.82, 2.24) is 15.0 Å². The van der Waals surface area contributed by atoms with Crippen LogP contribution >= 0.6 is 0 Å². The fourth-order valence-corrected chi connectivity index (χ4v) is 2.75. The molecule has 0 spiro atoms. The Kier molecular flexibility index (Phi) is 3.96. The molecular formula is C18H23N3O2. The Morgan fingerprint density at radius 1 is 1.26 bits per heavy atom. The van der Waals surface area contributed by atoms with E-state index in [1.54, 1.807) is 0 Å². The summed E-state index contributed by atoms with van der Waals surface area (Å²) >= 11 is 0. The molecule has 1 atom stereocenters. The van der Waals surface area contributed by atoms with Gasteiger partial charge in [-0.2, -0.15) is 4.98 Å². The number of carbonyl (C=O) groups excluding carboxylic acids is 1. The molecule has 2 heterocycles. The third-order valence-corrected chi connectivity index (χ3v) is 4.20. The molecule has 23 heavy (non-hydrogen) atoms. The number of amides is 1. The van der Waals surface area contributed by atoms with Gasteiger partial charge < -0.3 is 9.42 Å². The zero-order chi connectivity index (χ0) is 16.6. The molecule has 5 nitrogen and oxygen atoms in total. The average molecular weight is 313 g/mol. The molecular weight excluding hydrogens is 290 g/mol. The fraction of sp³-hybridized carbons (Fsp3) is 0.500. The Hall–Kier alpha value is -2.17. The van der Waals surface area contributed by atoms with E-state index in [1.165, 1.54) is 5.56 Å². The van der Waals surface area contributed by atoms with Crippen LogP contribution in [0.4, 0.5) is 0 Å². The van der Waals surface area contributed by atoms with Gasteiger partial charge in [-0.3, -0.25) is 4.79 Å². The van der Waals surface area contributed by atoms with E-state index < -0.39 is 0 Å². The van der Waals surface area contributed by atoms with E-state index in [1.807, 2.05) is 25.7 Å². The minimum Gasteiger partial charge on any atom is -0.337 e. The first-order valence-electron chi connectivity index (χ1n) is 8.04. The van der Waals surface area contributed by atoms with Gasteiger partial charge in [0.1, 0.15) is 6.04 Å². The molecule has 0 saturated carbocycles. The molecule has 5 heteroatoms. The van der Waals surface area contributed by atoms with Gasteiger partial charge in [0.25, 0.3) is 0 Å². The number of likely N-dealkylation sites (tertiary alicyclic amines) is 1. The van der Waals surface area contributed by atoms with E-state index in [2.05, 4.69) is 41.3 Å². The topological polar surface area (TPSA) is 59.2 Å². The highest BCUT2D eigenvalue weighted by Crippen LogP contribution is 2.34. The maximum atomic E-state index is 12.3. The van der Waals surface area contributed by atoms with Crippen molar-refractivity contribution in [2.24, 2.45) is 0 Å². The maximum Gasteiger partial charge on any atom is 0.249 e. The molecule has 1 aromatic heterocycles. The van der Waals surface area contributed by atoms with Crippen LogP contribution < -0.4 is 0 Å². The van der Waals surface area contributed by atoms with Crippen molar-refractivity contribution in [2.45, 2.75) is 58.5 Å². The summed E-state index contributed by atoms with van der Waals surface area (Å²) in [4.78, 5) is 18.7. The van der Waals surface area contributed by atoms with E-state index in [-0.39, 0.29) is 17.4 Å². The third kappa shape index (κ3) is 3.28. The summed E-state index contributed by atoms with van der Waals surface area (Å²) in [6.07, 6.45) is 1.26. The summed E-state index contributed by atoms with van der Waals surface area (Å²) in [5.41, 5.74) is 2.17. The first-order valence-corrected chi connectivity index (χ1v) is 8.04. The molecule has 1 aliphatic heterocycles. The standard InChI is InChI=1S/C18H23N3O2/c1-12-5-7-13(8-6-12)11-21-14(9-10-15(21)22)16-19-17(20-23-16)18(2,3)4/h5-8,14H,9-11H2,1-4H3. The molecule has 1 unspecified atom stereocenters. The second-order valence-electron chi connectivity index (χ2n) is 7.27. The van der Waals surface area contributed by atoms with E-state index in [4.69, 9.17) is 4.52 Å². The van der Waals surface area contributed by atoms with Crippen LogP contribution in [0.25, 0.3) is 0 Å². The van der Waals surface area contributed by atoms with E-state index in [0.717, 1.165) is 12.0 Å². The van der Waals surface area contributed by atoms with Crippen molar-refractivity contribution in [3.05, 3.63) is 47.1 Å². The third-order valence-electron chi connectivity index (χ3n) is 4.20. The van der Waals surface area contributed by atoms with E-state index in [9.17, 15) is 4.79 Å². The first kappa shape index (κ1) is 15.7. The molecule has 0 aliphatic carbocycles. The Morgan fingerprint density at radius 3 is 2.57 bits per heavy atom. The smallest absolute Gasteiger partial charge is 0.249 e. The largest absolute Gasteiger partial charge is 0.337 e. The molecule has 3 rings (SSSR count). The zero-order valence-electron chi connectivity index (χ0n) is 14.2. The molecule has 0 bridgehead atoms. The van der Waals surface area contributed by atoms with Crippen LogP contribution in [0.2, 0.25) is 0 Å². The van der Waals surface area contributed by atoms with Crippen LogP contribution in [0.1, 0.15) is 62.5 Å². The highest BCUT2D eigenvalue weighted by molar-refractivity contribution is 5.78. The maximum absolute atomic E-state index is 12.3. The van der Waals surface area contributed by atoms with Crippen LogP contribution in [-0.4, -0.2) is 20.9 Å². The number of aryl methyl sites for hydroxylation is 1. The second kappa shape index (κ2) is 5.80. The van der Waals surface area contributed by atoms with Gasteiger partial charge in [0, 0.05) is 18.4 Å². The van der Waals surface area contributed by atoms with Gasteiger partial charge in [-0.25, -0.2) is 0 Å². The number of aromatic nitrogens is 2. The lowest BCUT2D eigenvalue weighted by molar-refractivity contribution is -0.129. The number of hydrogen-bond donors (Lipinski definition) is 0. The molecule has 2 aromatic rings. The summed E-state index contributed by atoms with van der Waals surface area (Å²) in [6, 6.07) is 8.14. The summed E-state index contributed by atoms with van der Waals surface area (Å²) in [5.74, 6) is 1.38. The Bertz CT molecular complexity index is 698. The van der Waals surface area contributed by atoms with E-state index in [0.29, 0.717) is 24.7 Å². The summed E-state index contributed by atoms with van der Waals surface area (Å²) in [5, 5.41) is 4.09. The molecule has 0 N–H and O–H groups in total. The lowest BCUT2D eigenvalue weighted by Gasteiger charge is -2.22. The van der Waals surface area contributed by atoms with Gasteiger partial charge in [-0.05, 0) is 18.9 Å². The minimum atomic E-state index is -0.161. The van der Waals surface area contributed by atoms with Crippen LogP contribution in [0.3, 0.4) is 0 Å². The van der Waals surface area contributed by atoms with Crippen molar-refractivity contribution in [1.29, 1.82) is 0 Å². The Morgan fingerprint density at radius 2 is 1.96 bits per heavy atom. The molecule has 1 aliphatic rings. The van der Waals surface area contributed by atoms with Crippen LogP contribution in [0.5, 0.6) is 0 Å². The molecule has 1 aromatic carbocycles. The zero-order valence-corrected chi connectivity index (χ0v) is 14.2. The molecule has 1 amide bonds. The average Bonchev–Trinajstić information content (AvgIpc) is 3.09. The molecule has 122 valence electrons. The van der Waals surface area contributed by atoms with Gasteiger partial charge in [0.2, 0.25) is 11.8 Å². The number of carbonyl (C=O) groups is 1. The van der Waals surface area contributed by atoms with Crippen LogP contribution in [0, 0.1) is 6.92 Å². The van der Waals surface area contributed by atoms with E-state index >= 15 is 0 Å². The Labute approximate surface area is 136 Å². The molecule has 1 saturated heterocycles. The predicted octanol–water partition coefficient (Wildman–Crippen LogP) is 3.54. The lowest BCUT2D eigenvalue weighted by atomic mass is 9.96. The van der Waals surface area contributed by atoms with Gasteiger partial charge in [0.05, 0.1) is 0 Å². The fourth-order valence-electron chi connectivity index (χ4n) is 2.75. The molecule has 1 fully saturated rings.